The molecular formula is C18H25ClN4O3S2. The van der Waals surface area contributed by atoms with Crippen LogP contribution in [0.2, 0.25) is 4.34 Å². The van der Waals surface area contributed by atoms with E-state index in [0.29, 0.717) is 29.6 Å². The molecule has 0 radical (unpaired) electrons. The maximum Gasteiger partial charge on any atom is 0.330 e. The number of unbranched alkanes of at least 4 members (excludes halogenated alkanes) is 1. The summed E-state index contributed by atoms with van der Waals surface area (Å²) in [5, 5.41) is 0. The summed E-state index contributed by atoms with van der Waals surface area (Å²) in [6.07, 6.45) is 2.28. The predicted molar refractivity (Wildman–Crippen MR) is 119 cm³/mol. The Bertz CT molecular complexity index is 922. The van der Waals surface area contributed by atoms with Gasteiger partial charge in [-0.2, -0.15) is 0 Å². The quantitative estimate of drug-likeness (QED) is 0.585. The highest BCUT2D eigenvalue weighted by atomic mass is 35.5. The van der Waals surface area contributed by atoms with Gasteiger partial charge in [0, 0.05) is 23.7 Å². The summed E-state index contributed by atoms with van der Waals surface area (Å²) < 4.78 is 2.04. The van der Waals surface area contributed by atoms with Crippen LogP contribution in [0.4, 0.5) is 11.5 Å². The van der Waals surface area contributed by atoms with Crippen LogP contribution in [0.1, 0.15) is 38.0 Å². The van der Waals surface area contributed by atoms with E-state index < -0.39 is 11.2 Å². The summed E-state index contributed by atoms with van der Waals surface area (Å²) >= 11 is 8.85. The van der Waals surface area contributed by atoms with Gasteiger partial charge in [0.25, 0.3) is 5.56 Å². The lowest BCUT2D eigenvalue weighted by Crippen LogP contribution is -2.42. The van der Waals surface area contributed by atoms with E-state index in [2.05, 4.69) is 4.98 Å². The third-order valence-electron chi connectivity index (χ3n) is 4.07. The van der Waals surface area contributed by atoms with E-state index >= 15 is 0 Å². The Morgan fingerprint density at radius 3 is 2.68 bits per heavy atom. The molecule has 0 unspecified atom stereocenters. The summed E-state index contributed by atoms with van der Waals surface area (Å²) in [6.45, 7) is 4.66. The lowest BCUT2D eigenvalue weighted by Gasteiger charge is -2.24. The van der Waals surface area contributed by atoms with Crippen molar-refractivity contribution in [2.45, 2.75) is 45.4 Å². The molecule has 0 atom stereocenters. The number of rotatable bonds is 10. The molecule has 0 aliphatic carbocycles. The Hall–Kier alpha value is -1.71. The van der Waals surface area contributed by atoms with Crippen molar-refractivity contribution in [2.24, 2.45) is 0 Å². The molecule has 0 aliphatic rings. The van der Waals surface area contributed by atoms with Gasteiger partial charge in [0.15, 0.2) is 5.69 Å². The van der Waals surface area contributed by atoms with E-state index in [-0.39, 0.29) is 23.2 Å². The molecule has 2 heterocycles. The number of nitrogen functional groups attached to an aromatic ring is 1. The van der Waals surface area contributed by atoms with E-state index in [1.807, 2.05) is 26.0 Å². The highest BCUT2D eigenvalue weighted by Crippen LogP contribution is 2.26. The zero-order valence-electron chi connectivity index (χ0n) is 16.0. The number of carbonyl (C=O) groups excluding carboxylic acids is 1. The van der Waals surface area contributed by atoms with Crippen LogP contribution in [-0.4, -0.2) is 27.8 Å². The monoisotopic (exact) mass is 444 g/mol. The standard InChI is InChI=1S/C18H25ClN4O3S2/c1-3-5-9-23-16(20)15(17(25)21-18(23)26)22(8-4-2)14(24)11-27-10-12-6-7-13(19)28-12/h6-7H,3-5,8-11,20H2,1-2H3,(H,21,25,26). The number of H-pyrrole nitrogens is 1. The molecule has 1 amide bonds. The number of aromatic amines is 1. The van der Waals surface area contributed by atoms with Crippen LogP contribution >= 0.6 is 34.7 Å². The Kier molecular flexibility index (Phi) is 8.65. The summed E-state index contributed by atoms with van der Waals surface area (Å²) in [6, 6.07) is 3.76. The number of thioether (sulfide) groups is 1. The lowest BCUT2D eigenvalue weighted by molar-refractivity contribution is -0.116. The number of nitrogens with zero attached hydrogens (tertiary/aromatic N) is 2. The minimum Gasteiger partial charge on any atom is -0.383 e. The second-order valence-corrected chi connectivity index (χ2v) is 9.03. The van der Waals surface area contributed by atoms with Gasteiger partial charge in [0.05, 0.1) is 10.1 Å². The van der Waals surface area contributed by atoms with E-state index in [1.165, 1.54) is 32.6 Å². The van der Waals surface area contributed by atoms with Gasteiger partial charge in [-0.3, -0.25) is 19.1 Å². The Balaban J connectivity index is 2.22. The Labute approximate surface area is 176 Å². The number of carbonyl (C=O) groups is 1. The fourth-order valence-corrected chi connectivity index (χ4v) is 4.81. The molecule has 10 heteroatoms. The van der Waals surface area contributed by atoms with Crippen molar-refractivity contribution < 1.29 is 4.79 Å². The molecule has 0 bridgehead atoms. The van der Waals surface area contributed by atoms with Gasteiger partial charge in [-0.15, -0.1) is 23.1 Å². The molecule has 0 saturated heterocycles. The molecule has 0 saturated carbocycles. The van der Waals surface area contributed by atoms with Crippen LogP contribution in [-0.2, 0) is 17.1 Å². The number of anilines is 2. The van der Waals surface area contributed by atoms with Crippen molar-refractivity contribution in [3.8, 4) is 0 Å². The van der Waals surface area contributed by atoms with Crippen LogP contribution in [0.25, 0.3) is 0 Å². The van der Waals surface area contributed by atoms with Crippen molar-refractivity contribution >= 4 is 52.1 Å². The van der Waals surface area contributed by atoms with E-state index in [4.69, 9.17) is 17.3 Å². The average Bonchev–Trinajstić information content (AvgIpc) is 3.05. The zero-order valence-corrected chi connectivity index (χ0v) is 18.4. The van der Waals surface area contributed by atoms with E-state index in [0.717, 1.165) is 17.7 Å². The minimum absolute atomic E-state index is 0.0408. The molecule has 2 rings (SSSR count). The third-order valence-corrected chi connectivity index (χ3v) is 6.45. The van der Waals surface area contributed by atoms with E-state index in [9.17, 15) is 14.4 Å². The smallest absolute Gasteiger partial charge is 0.330 e. The molecular weight excluding hydrogens is 420 g/mol. The topological polar surface area (TPSA) is 101 Å². The lowest BCUT2D eigenvalue weighted by atomic mass is 10.3. The summed E-state index contributed by atoms with van der Waals surface area (Å²) in [4.78, 5) is 42.1. The molecule has 7 nitrogen and oxygen atoms in total. The molecule has 28 heavy (non-hydrogen) atoms. The van der Waals surface area contributed by atoms with Crippen LogP contribution in [0, 0.1) is 0 Å². The highest BCUT2D eigenvalue weighted by molar-refractivity contribution is 7.99. The second kappa shape index (κ2) is 10.7. The van der Waals surface area contributed by atoms with Gasteiger partial charge in [-0.1, -0.05) is 31.9 Å². The number of halogens is 1. The second-order valence-electron chi connectivity index (χ2n) is 6.24. The first-order chi connectivity index (χ1) is 13.4. The first kappa shape index (κ1) is 22.6. The zero-order chi connectivity index (χ0) is 20.7. The largest absolute Gasteiger partial charge is 0.383 e. The fraction of sp³-hybridized carbons (Fsp3) is 0.500. The van der Waals surface area contributed by atoms with Crippen molar-refractivity contribution in [3.63, 3.8) is 0 Å². The molecule has 0 spiro atoms. The van der Waals surface area contributed by atoms with Gasteiger partial charge in [-0.05, 0) is 25.0 Å². The number of aromatic nitrogens is 2. The van der Waals surface area contributed by atoms with Crippen LogP contribution in [0.5, 0.6) is 0 Å². The molecule has 0 fully saturated rings. The highest BCUT2D eigenvalue weighted by Gasteiger charge is 2.23. The SMILES string of the molecule is CCCCn1c(N)c(N(CCC)C(=O)CSCc2ccc(Cl)s2)c(=O)[nH]c1=O. The molecule has 2 aromatic heterocycles. The van der Waals surface area contributed by atoms with Crippen molar-refractivity contribution in [2.75, 3.05) is 22.9 Å². The normalized spacial score (nSPS) is 11.0. The van der Waals surface area contributed by atoms with Gasteiger partial charge < -0.3 is 10.6 Å². The molecule has 0 aromatic carbocycles. The summed E-state index contributed by atoms with van der Waals surface area (Å²) in [5.74, 6) is 0.680. The molecule has 2 aromatic rings. The van der Waals surface area contributed by atoms with Crippen LogP contribution in [0.3, 0.4) is 0 Å². The molecule has 0 aliphatic heterocycles. The predicted octanol–water partition coefficient (Wildman–Crippen LogP) is 3.31. The third kappa shape index (κ3) is 5.65. The van der Waals surface area contributed by atoms with Gasteiger partial charge in [-0.25, -0.2) is 4.79 Å². The van der Waals surface area contributed by atoms with Gasteiger partial charge in [0.1, 0.15) is 5.82 Å². The average molecular weight is 445 g/mol. The summed E-state index contributed by atoms with van der Waals surface area (Å²) in [5.41, 5.74) is 5.02. The van der Waals surface area contributed by atoms with Gasteiger partial charge >= 0.3 is 5.69 Å². The van der Waals surface area contributed by atoms with Crippen molar-refractivity contribution in [3.05, 3.63) is 42.2 Å². The number of nitrogens with one attached hydrogen (secondary N) is 1. The number of hydrogen-bond acceptors (Lipinski definition) is 6. The number of nitrogens with two attached hydrogens (primary N) is 1. The number of hydrogen-bond donors (Lipinski definition) is 2. The van der Waals surface area contributed by atoms with Crippen LogP contribution < -0.4 is 21.9 Å². The van der Waals surface area contributed by atoms with Crippen molar-refractivity contribution in [1.29, 1.82) is 0 Å². The Morgan fingerprint density at radius 2 is 2.07 bits per heavy atom. The Morgan fingerprint density at radius 1 is 1.32 bits per heavy atom. The number of amides is 1. The summed E-state index contributed by atoms with van der Waals surface area (Å²) in [7, 11) is 0. The minimum atomic E-state index is -0.632. The van der Waals surface area contributed by atoms with Crippen LogP contribution in [0.15, 0.2) is 21.7 Å². The van der Waals surface area contributed by atoms with Gasteiger partial charge in [0.2, 0.25) is 5.91 Å². The molecule has 154 valence electrons. The molecule has 3 N–H and O–H groups in total. The maximum absolute atomic E-state index is 12.8. The first-order valence-electron chi connectivity index (χ1n) is 9.13. The van der Waals surface area contributed by atoms with Crippen molar-refractivity contribution in [1.82, 2.24) is 9.55 Å². The fourth-order valence-electron chi connectivity index (χ4n) is 2.71. The first-order valence-corrected chi connectivity index (χ1v) is 11.5. The number of thiophene rings is 1. The van der Waals surface area contributed by atoms with E-state index in [1.54, 1.807) is 0 Å². The maximum atomic E-state index is 12.8.